The van der Waals surface area contributed by atoms with Gasteiger partial charge in [-0.3, -0.25) is 9.59 Å². The quantitative estimate of drug-likeness (QED) is 0.708. The van der Waals surface area contributed by atoms with Crippen LogP contribution in [-0.2, 0) is 4.79 Å². The molecule has 0 saturated heterocycles. The third-order valence-corrected chi connectivity index (χ3v) is 5.48. The van der Waals surface area contributed by atoms with E-state index >= 15 is 0 Å². The molecule has 25 heavy (non-hydrogen) atoms. The molecule has 0 bridgehead atoms. The summed E-state index contributed by atoms with van der Waals surface area (Å²) in [5.41, 5.74) is 0. The SMILES string of the molecule is CC(C)C(NC(=O)CNC(=O)c1ccc(Br)s1)c1nc(C2CC2)no1. The van der Waals surface area contributed by atoms with Crippen LogP contribution in [0, 0.1) is 5.92 Å². The van der Waals surface area contributed by atoms with Crippen LogP contribution in [0.3, 0.4) is 0 Å². The number of amides is 2. The van der Waals surface area contributed by atoms with Crippen LogP contribution < -0.4 is 10.6 Å². The fourth-order valence-electron chi connectivity index (χ4n) is 2.30. The summed E-state index contributed by atoms with van der Waals surface area (Å²) in [6.45, 7) is 3.82. The maximum absolute atomic E-state index is 12.2. The summed E-state index contributed by atoms with van der Waals surface area (Å²) in [7, 11) is 0. The zero-order chi connectivity index (χ0) is 18.0. The van der Waals surface area contributed by atoms with Crippen molar-refractivity contribution in [2.45, 2.75) is 38.6 Å². The Kier molecular flexibility index (Phi) is 5.53. The van der Waals surface area contributed by atoms with E-state index in [4.69, 9.17) is 4.52 Å². The largest absolute Gasteiger partial charge is 0.343 e. The number of hydrogen-bond donors (Lipinski definition) is 2. The number of rotatable bonds is 7. The van der Waals surface area contributed by atoms with Crippen molar-refractivity contribution in [1.29, 1.82) is 0 Å². The maximum Gasteiger partial charge on any atom is 0.261 e. The minimum atomic E-state index is -0.375. The average Bonchev–Trinajstić information content (AvgIpc) is 3.14. The predicted molar refractivity (Wildman–Crippen MR) is 96.3 cm³/mol. The van der Waals surface area contributed by atoms with Gasteiger partial charge < -0.3 is 15.2 Å². The molecule has 1 aliphatic carbocycles. The Bertz CT molecular complexity index is 769. The van der Waals surface area contributed by atoms with Crippen LogP contribution in [-0.4, -0.2) is 28.5 Å². The van der Waals surface area contributed by atoms with Gasteiger partial charge in [0.05, 0.1) is 15.2 Å². The number of nitrogens with one attached hydrogen (secondary N) is 2. The van der Waals surface area contributed by atoms with Crippen LogP contribution in [0.5, 0.6) is 0 Å². The first-order valence-electron chi connectivity index (χ1n) is 8.10. The molecule has 1 aliphatic rings. The van der Waals surface area contributed by atoms with Crippen molar-refractivity contribution >= 4 is 39.1 Å². The molecular weight excluding hydrogens is 408 g/mol. The molecule has 3 rings (SSSR count). The van der Waals surface area contributed by atoms with E-state index in [0.29, 0.717) is 22.5 Å². The lowest BCUT2D eigenvalue weighted by Crippen LogP contribution is -2.40. The minimum absolute atomic E-state index is 0.0837. The molecule has 0 aliphatic heterocycles. The maximum atomic E-state index is 12.2. The van der Waals surface area contributed by atoms with Gasteiger partial charge >= 0.3 is 0 Å². The van der Waals surface area contributed by atoms with Crippen molar-refractivity contribution in [2.24, 2.45) is 5.92 Å². The number of hydrogen-bond acceptors (Lipinski definition) is 6. The number of carbonyl (C=O) groups excluding carboxylic acids is 2. The highest BCUT2D eigenvalue weighted by atomic mass is 79.9. The normalized spacial score (nSPS) is 15.2. The molecule has 9 heteroatoms. The van der Waals surface area contributed by atoms with Crippen molar-refractivity contribution in [1.82, 2.24) is 20.8 Å². The van der Waals surface area contributed by atoms with Crippen LogP contribution in [0.15, 0.2) is 20.4 Å². The summed E-state index contributed by atoms with van der Waals surface area (Å²) in [5, 5.41) is 9.47. The Morgan fingerprint density at radius 2 is 2.16 bits per heavy atom. The standard InChI is InChI=1S/C16H19BrN4O3S/c1-8(2)13(16-20-14(21-24-16)9-3-4-9)19-12(22)7-18-15(23)10-5-6-11(17)25-10/h5-6,8-9,13H,3-4,7H2,1-2H3,(H,18,23)(H,19,22). The summed E-state index contributed by atoms with van der Waals surface area (Å²) >= 11 is 4.62. The molecule has 2 aromatic rings. The van der Waals surface area contributed by atoms with Gasteiger partial charge in [-0.15, -0.1) is 11.3 Å². The lowest BCUT2D eigenvalue weighted by Gasteiger charge is -2.18. The lowest BCUT2D eigenvalue weighted by molar-refractivity contribution is -0.121. The molecule has 0 aromatic carbocycles. The first-order chi connectivity index (χ1) is 11.9. The Morgan fingerprint density at radius 3 is 2.76 bits per heavy atom. The fraction of sp³-hybridized carbons (Fsp3) is 0.500. The van der Waals surface area contributed by atoms with Gasteiger partial charge in [-0.05, 0) is 46.8 Å². The molecule has 1 saturated carbocycles. The van der Waals surface area contributed by atoms with Crippen LogP contribution in [0.1, 0.15) is 60.0 Å². The molecule has 2 aromatic heterocycles. The molecule has 1 atom stereocenters. The third-order valence-electron chi connectivity index (χ3n) is 3.86. The van der Waals surface area contributed by atoms with Gasteiger partial charge in [-0.25, -0.2) is 0 Å². The summed E-state index contributed by atoms with van der Waals surface area (Å²) in [6, 6.07) is 3.12. The molecule has 1 fully saturated rings. The molecule has 7 nitrogen and oxygen atoms in total. The molecule has 1 unspecified atom stereocenters. The summed E-state index contributed by atoms with van der Waals surface area (Å²) in [4.78, 5) is 29.2. The fourth-order valence-corrected chi connectivity index (χ4v) is 3.61. The van der Waals surface area contributed by atoms with Gasteiger partial charge in [0.15, 0.2) is 5.82 Å². The Labute approximate surface area is 157 Å². The van der Waals surface area contributed by atoms with Crippen LogP contribution in [0.25, 0.3) is 0 Å². The molecule has 134 valence electrons. The van der Waals surface area contributed by atoms with Gasteiger partial charge in [-0.2, -0.15) is 4.98 Å². The van der Waals surface area contributed by atoms with Crippen LogP contribution in [0.2, 0.25) is 0 Å². The molecule has 2 heterocycles. The van der Waals surface area contributed by atoms with E-state index in [9.17, 15) is 9.59 Å². The van der Waals surface area contributed by atoms with Crippen LogP contribution in [0.4, 0.5) is 0 Å². The second-order valence-electron chi connectivity index (χ2n) is 6.34. The molecule has 2 N–H and O–H groups in total. The van der Waals surface area contributed by atoms with Crippen molar-refractivity contribution < 1.29 is 14.1 Å². The van der Waals surface area contributed by atoms with E-state index in [2.05, 4.69) is 36.7 Å². The van der Waals surface area contributed by atoms with E-state index in [1.54, 1.807) is 12.1 Å². The minimum Gasteiger partial charge on any atom is -0.343 e. The average molecular weight is 427 g/mol. The second-order valence-corrected chi connectivity index (χ2v) is 8.80. The van der Waals surface area contributed by atoms with Crippen molar-refractivity contribution in [3.8, 4) is 0 Å². The molecule has 2 amide bonds. The van der Waals surface area contributed by atoms with Crippen LogP contribution >= 0.6 is 27.3 Å². The number of aromatic nitrogens is 2. The van der Waals surface area contributed by atoms with E-state index in [-0.39, 0.29) is 30.3 Å². The van der Waals surface area contributed by atoms with E-state index < -0.39 is 0 Å². The summed E-state index contributed by atoms with van der Waals surface area (Å²) in [5.74, 6) is 1.03. The summed E-state index contributed by atoms with van der Waals surface area (Å²) in [6.07, 6.45) is 2.17. The lowest BCUT2D eigenvalue weighted by atomic mass is 10.0. The number of halogens is 1. The third kappa shape index (κ3) is 4.66. The van der Waals surface area contributed by atoms with Gasteiger partial charge in [0.1, 0.15) is 6.04 Å². The number of nitrogens with zero attached hydrogens (tertiary/aromatic N) is 2. The highest BCUT2D eigenvalue weighted by Crippen LogP contribution is 2.38. The Morgan fingerprint density at radius 1 is 1.40 bits per heavy atom. The highest BCUT2D eigenvalue weighted by molar-refractivity contribution is 9.11. The Balaban J connectivity index is 1.55. The van der Waals surface area contributed by atoms with E-state index in [1.165, 1.54) is 11.3 Å². The van der Waals surface area contributed by atoms with Gasteiger partial charge in [-0.1, -0.05) is 19.0 Å². The van der Waals surface area contributed by atoms with Gasteiger partial charge in [0.25, 0.3) is 5.91 Å². The van der Waals surface area contributed by atoms with Gasteiger partial charge in [0, 0.05) is 5.92 Å². The van der Waals surface area contributed by atoms with Crippen molar-refractivity contribution in [3.05, 3.63) is 32.5 Å². The van der Waals surface area contributed by atoms with E-state index in [0.717, 1.165) is 16.6 Å². The molecular formula is C16H19BrN4O3S. The topological polar surface area (TPSA) is 97.1 Å². The van der Waals surface area contributed by atoms with E-state index in [1.807, 2.05) is 13.8 Å². The first-order valence-corrected chi connectivity index (χ1v) is 9.71. The zero-order valence-corrected chi connectivity index (χ0v) is 16.3. The first kappa shape index (κ1) is 18.1. The molecule has 0 spiro atoms. The zero-order valence-electron chi connectivity index (χ0n) is 13.9. The van der Waals surface area contributed by atoms with Crippen molar-refractivity contribution in [2.75, 3.05) is 6.54 Å². The predicted octanol–water partition coefficient (Wildman–Crippen LogP) is 3.01. The van der Waals surface area contributed by atoms with Crippen molar-refractivity contribution in [3.63, 3.8) is 0 Å². The number of carbonyl (C=O) groups is 2. The van der Waals surface area contributed by atoms with Gasteiger partial charge in [0.2, 0.25) is 11.8 Å². The second kappa shape index (κ2) is 7.65. The summed E-state index contributed by atoms with van der Waals surface area (Å²) < 4.78 is 6.19. The monoisotopic (exact) mass is 426 g/mol. The smallest absolute Gasteiger partial charge is 0.261 e. The number of thiophene rings is 1. The highest BCUT2D eigenvalue weighted by Gasteiger charge is 2.31. The Hall–Kier alpha value is -1.74. The molecule has 0 radical (unpaired) electrons.